The zero-order chi connectivity index (χ0) is 11.1. The number of carbonyl (C=O) groups excluding carboxylic acids is 2. The Hall–Kier alpha value is -0.860. The molecule has 0 aromatic rings. The molecule has 1 fully saturated rings. The Balaban J connectivity index is 2.21. The summed E-state index contributed by atoms with van der Waals surface area (Å²) in [5.74, 6) is -0.0229. The normalized spacial score (nSPS) is 21.4. The highest BCUT2D eigenvalue weighted by Gasteiger charge is 2.24. The summed E-state index contributed by atoms with van der Waals surface area (Å²) in [6, 6.07) is 0. The molecule has 0 aliphatic heterocycles. The van der Waals surface area contributed by atoms with E-state index in [9.17, 15) is 9.59 Å². The van der Waals surface area contributed by atoms with E-state index in [1.165, 1.54) is 0 Å². The summed E-state index contributed by atoms with van der Waals surface area (Å²) in [6.07, 6.45) is 5.79. The summed E-state index contributed by atoms with van der Waals surface area (Å²) in [5, 5.41) is 0. The maximum absolute atomic E-state index is 11.5. The van der Waals surface area contributed by atoms with Crippen LogP contribution in [0.25, 0.3) is 0 Å². The molecule has 1 rings (SSSR count). The van der Waals surface area contributed by atoms with Crippen molar-refractivity contribution in [1.82, 2.24) is 0 Å². The first-order valence-electron chi connectivity index (χ1n) is 5.92. The van der Waals surface area contributed by atoms with Crippen LogP contribution in [-0.4, -0.2) is 18.4 Å². The fourth-order valence-corrected chi connectivity index (χ4v) is 1.86. The first-order chi connectivity index (χ1) is 7.24. The van der Waals surface area contributed by atoms with Gasteiger partial charge in [0.05, 0.1) is 13.0 Å². The van der Waals surface area contributed by atoms with Gasteiger partial charge in [-0.25, -0.2) is 0 Å². The van der Waals surface area contributed by atoms with Crippen LogP contribution >= 0.6 is 0 Å². The van der Waals surface area contributed by atoms with Crippen molar-refractivity contribution >= 4 is 11.8 Å². The van der Waals surface area contributed by atoms with E-state index in [0.29, 0.717) is 19.4 Å². The molecule has 0 saturated heterocycles. The SMILES string of the molecule is CCCCOC(=O)CC1CCCCC1=O. The molecular weight excluding hydrogens is 192 g/mol. The topological polar surface area (TPSA) is 43.4 Å². The Kier molecular flexibility index (Phi) is 5.37. The molecule has 0 amide bonds. The van der Waals surface area contributed by atoms with Gasteiger partial charge in [0.25, 0.3) is 0 Å². The highest BCUT2D eigenvalue weighted by Crippen LogP contribution is 2.23. The lowest BCUT2D eigenvalue weighted by Crippen LogP contribution is -2.23. The average Bonchev–Trinajstić information content (AvgIpc) is 2.22. The molecule has 1 aliphatic rings. The van der Waals surface area contributed by atoms with Crippen LogP contribution in [0.3, 0.4) is 0 Å². The summed E-state index contributed by atoms with van der Waals surface area (Å²) in [4.78, 5) is 22.8. The molecular formula is C12H20O3. The van der Waals surface area contributed by atoms with E-state index in [1.54, 1.807) is 0 Å². The third-order valence-electron chi connectivity index (χ3n) is 2.86. The summed E-state index contributed by atoms with van der Waals surface area (Å²) >= 11 is 0. The van der Waals surface area contributed by atoms with Crippen molar-refractivity contribution in [3.8, 4) is 0 Å². The molecule has 0 radical (unpaired) electrons. The maximum atomic E-state index is 11.5. The third kappa shape index (κ3) is 4.45. The van der Waals surface area contributed by atoms with Gasteiger partial charge in [0.15, 0.2) is 0 Å². The molecule has 1 unspecified atom stereocenters. The molecule has 0 aromatic heterocycles. The van der Waals surface area contributed by atoms with Crippen LogP contribution < -0.4 is 0 Å². The Labute approximate surface area is 91.2 Å². The van der Waals surface area contributed by atoms with Gasteiger partial charge in [0.2, 0.25) is 0 Å². The number of esters is 1. The Morgan fingerprint density at radius 3 is 2.93 bits per heavy atom. The number of unbranched alkanes of at least 4 members (excludes halogenated alkanes) is 1. The van der Waals surface area contributed by atoms with Gasteiger partial charge in [-0.3, -0.25) is 9.59 Å². The summed E-state index contributed by atoms with van der Waals surface area (Å²) < 4.78 is 5.04. The van der Waals surface area contributed by atoms with Crippen molar-refractivity contribution in [3.63, 3.8) is 0 Å². The first-order valence-corrected chi connectivity index (χ1v) is 5.92. The van der Waals surface area contributed by atoms with E-state index in [-0.39, 0.29) is 17.7 Å². The Morgan fingerprint density at radius 1 is 1.47 bits per heavy atom. The number of ether oxygens (including phenoxy) is 1. The minimum atomic E-state index is -0.205. The van der Waals surface area contributed by atoms with Crippen LogP contribution in [0.4, 0.5) is 0 Å². The lowest BCUT2D eigenvalue weighted by molar-refractivity contribution is -0.147. The van der Waals surface area contributed by atoms with Crippen molar-refractivity contribution in [2.45, 2.75) is 51.9 Å². The summed E-state index contributed by atoms with van der Waals surface area (Å²) in [7, 11) is 0. The molecule has 0 heterocycles. The molecule has 0 aromatic carbocycles. The number of Topliss-reactive ketones (excluding diaryl/α,β-unsaturated/α-hetero) is 1. The number of hydrogen-bond donors (Lipinski definition) is 0. The van der Waals surface area contributed by atoms with Gasteiger partial charge in [0.1, 0.15) is 5.78 Å². The highest BCUT2D eigenvalue weighted by atomic mass is 16.5. The molecule has 3 heteroatoms. The fourth-order valence-electron chi connectivity index (χ4n) is 1.86. The number of ketones is 1. The molecule has 1 aliphatic carbocycles. The quantitative estimate of drug-likeness (QED) is 0.519. The van der Waals surface area contributed by atoms with E-state index in [2.05, 4.69) is 6.92 Å². The molecule has 3 nitrogen and oxygen atoms in total. The summed E-state index contributed by atoms with van der Waals surface area (Å²) in [5.41, 5.74) is 0. The Morgan fingerprint density at radius 2 is 2.27 bits per heavy atom. The number of carbonyl (C=O) groups is 2. The van der Waals surface area contributed by atoms with Gasteiger partial charge in [-0.1, -0.05) is 19.8 Å². The minimum Gasteiger partial charge on any atom is -0.466 e. The second-order valence-electron chi connectivity index (χ2n) is 4.19. The van der Waals surface area contributed by atoms with Gasteiger partial charge >= 0.3 is 5.97 Å². The number of rotatable bonds is 5. The Bertz CT molecular complexity index is 223. The highest BCUT2D eigenvalue weighted by molar-refractivity contribution is 5.85. The van der Waals surface area contributed by atoms with E-state index in [1.807, 2.05) is 0 Å². The summed E-state index contributed by atoms with van der Waals surface area (Å²) in [6.45, 7) is 2.55. The monoisotopic (exact) mass is 212 g/mol. The predicted octanol–water partition coefficient (Wildman–Crippen LogP) is 2.48. The van der Waals surface area contributed by atoms with Gasteiger partial charge in [-0.2, -0.15) is 0 Å². The van der Waals surface area contributed by atoms with Crippen molar-refractivity contribution in [2.75, 3.05) is 6.61 Å². The first kappa shape index (κ1) is 12.2. The van der Waals surface area contributed by atoms with Crippen LogP contribution in [0.2, 0.25) is 0 Å². The van der Waals surface area contributed by atoms with Crippen molar-refractivity contribution in [3.05, 3.63) is 0 Å². The van der Waals surface area contributed by atoms with Crippen LogP contribution in [0.15, 0.2) is 0 Å². The van der Waals surface area contributed by atoms with Crippen molar-refractivity contribution in [2.24, 2.45) is 5.92 Å². The third-order valence-corrected chi connectivity index (χ3v) is 2.86. The lowest BCUT2D eigenvalue weighted by Gasteiger charge is -2.19. The molecule has 1 saturated carbocycles. The number of hydrogen-bond acceptors (Lipinski definition) is 3. The molecule has 0 spiro atoms. The molecule has 0 bridgehead atoms. The minimum absolute atomic E-state index is 0.0622. The van der Waals surface area contributed by atoms with E-state index in [0.717, 1.165) is 32.1 Å². The van der Waals surface area contributed by atoms with E-state index >= 15 is 0 Å². The van der Waals surface area contributed by atoms with E-state index < -0.39 is 0 Å². The zero-order valence-corrected chi connectivity index (χ0v) is 9.46. The van der Waals surface area contributed by atoms with Gasteiger partial charge in [-0.15, -0.1) is 0 Å². The van der Waals surface area contributed by atoms with E-state index in [4.69, 9.17) is 4.74 Å². The maximum Gasteiger partial charge on any atom is 0.306 e. The second-order valence-corrected chi connectivity index (χ2v) is 4.19. The average molecular weight is 212 g/mol. The molecule has 15 heavy (non-hydrogen) atoms. The van der Waals surface area contributed by atoms with Crippen LogP contribution in [0.5, 0.6) is 0 Å². The van der Waals surface area contributed by atoms with Gasteiger partial charge < -0.3 is 4.74 Å². The van der Waals surface area contributed by atoms with Crippen molar-refractivity contribution in [1.29, 1.82) is 0 Å². The van der Waals surface area contributed by atoms with Crippen molar-refractivity contribution < 1.29 is 14.3 Å². The van der Waals surface area contributed by atoms with Gasteiger partial charge in [0, 0.05) is 12.3 Å². The van der Waals surface area contributed by atoms with Crippen LogP contribution in [-0.2, 0) is 14.3 Å². The van der Waals surface area contributed by atoms with Gasteiger partial charge in [-0.05, 0) is 19.3 Å². The fraction of sp³-hybridized carbons (Fsp3) is 0.833. The zero-order valence-electron chi connectivity index (χ0n) is 9.46. The van der Waals surface area contributed by atoms with Crippen LogP contribution in [0.1, 0.15) is 51.9 Å². The standard InChI is InChI=1S/C12H20O3/c1-2-3-8-15-12(14)9-10-6-4-5-7-11(10)13/h10H,2-9H2,1H3. The van der Waals surface area contributed by atoms with Crippen LogP contribution in [0, 0.1) is 5.92 Å². The molecule has 86 valence electrons. The smallest absolute Gasteiger partial charge is 0.306 e. The second kappa shape index (κ2) is 6.59. The lowest BCUT2D eigenvalue weighted by atomic mass is 9.86. The largest absolute Gasteiger partial charge is 0.466 e. The molecule has 0 N–H and O–H groups in total. The predicted molar refractivity (Wildman–Crippen MR) is 57.4 cm³/mol. The molecule has 1 atom stereocenters.